The van der Waals surface area contributed by atoms with Crippen LogP contribution in [0.4, 0.5) is 17.5 Å². The standard InChI is InChI=1S/C24H23N5/c1-17-12-18(2)14-21(13-17)27-24-28-22(19-8-4-3-5-9-19)15-23(29-24)26-16-20-10-6-7-11-25-20/h3-15H,16H2,1-2H3,(H2,26,27,28,29). The Morgan fingerprint density at radius 2 is 1.55 bits per heavy atom. The maximum atomic E-state index is 4.74. The van der Waals surface area contributed by atoms with Crippen LogP contribution < -0.4 is 10.6 Å². The Morgan fingerprint density at radius 3 is 2.28 bits per heavy atom. The molecule has 2 heterocycles. The lowest BCUT2D eigenvalue weighted by atomic mass is 10.1. The van der Waals surface area contributed by atoms with E-state index in [1.165, 1.54) is 11.1 Å². The minimum atomic E-state index is 0.555. The molecule has 0 radical (unpaired) electrons. The van der Waals surface area contributed by atoms with Crippen LogP contribution in [0.15, 0.2) is 79.0 Å². The first-order chi connectivity index (χ1) is 14.2. The number of pyridine rings is 1. The minimum Gasteiger partial charge on any atom is -0.364 e. The fourth-order valence-electron chi connectivity index (χ4n) is 3.21. The largest absolute Gasteiger partial charge is 0.364 e. The van der Waals surface area contributed by atoms with Crippen LogP contribution in [0.3, 0.4) is 0 Å². The summed E-state index contributed by atoms with van der Waals surface area (Å²) in [6.07, 6.45) is 1.79. The third-order valence-electron chi connectivity index (χ3n) is 4.45. The van der Waals surface area contributed by atoms with Gasteiger partial charge in [-0.25, -0.2) is 4.98 Å². The van der Waals surface area contributed by atoms with Gasteiger partial charge >= 0.3 is 0 Å². The van der Waals surface area contributed by atoms with Crippen molar-refractivity contribution >= 4 is 17.5 Å². The molecule has 0 saturated carbocycles. The summed E-state index contributed by atoms with van der Waals surface area (Å²) in [5.74, 6) is 1.30. The summed E-state index contributed by atoms with van der Waals surface area (Å²) in [7, 11) is 0. The molecule has 29 heavy (non-hydrogen) atoms. The minimum absolute atomic E-state index is 0.555. The lowest BCUT2D eigenvalue weighted by Gasteiger charge is -2.12. The Kier molecular flexibility index (Phi) is 5.47. The van der Waals surface area contributed by atoms with E-state index in [9.17, 15) is 0 Å². The lowest BCUT2D eigenvalue weighted by Crippen LogP contribution is -2.06. The quantitative estimate of drug-likeness (QED) is 0.461. The molecule has 0 unspecified atom stereocenters. The van der Waals surface area contributed by atoms with Crippen LogP contribution in [0.5, 0.6) is 0 Å². The Bertz CT molecular complexity index is 1070. The topological polar surface area (TPSA) is 62.7 Å². The van der Waals surface area contributed by atoms with E-state index in [1.54, 1.807) is 6.20 Å². The predicted molar refractivity (Wildman–Crippen MR) is 118 cm³/mol. The van der Waals surface area contributed by atoms with E-state index >= 15 is 0 Å². The number of aromatic nitrogens is 3. The molecule has 5 heteroatoms. The molecule has 2 aromatic heterocycles. The number of hydrogen-bond donors (Lipinski definition) is 2. The van der Waals surface area contributed by atoms with Gasteiger partial charge in [0, 0.05) is 23.5 Å². The van der Waals surface area contributed by atoms with Gasteiger partial charge in [0.2, 0.25) is 5.95 Å². The Balaban J connectivity index is 1.65. The van der Waals surface area contributed by atoms with Crippen molar-refractivity contribution in [2.24, 2.45) is 0 Å². The number of rotatable bonds is 6. The van der Waals surface area contributed by atoms with E-state index in [2.05, 4.69) is 52.6 Å². The Hall–Kier alpha value is -3.73. The second-order valence-electron chi connectivity index (χ2n) is 7.00. The fourth-order valence-corrected chi connectivity index (χ4v) is 3.21. The Morgan fingerprint density at radius 1 is 0.793 bits per heavy atom. The highest BCUT2D eigenvalue weighted by atomic mass is 15.1. The molecule has 0 atom stereocenters. The van der Waals surface area contributed by atoms with Crippen LogP contribution in [0, 0.1) is 13.8 Å². The molecule has 0 aliphatic heterocycles. The number of nitrogens with zero attached hydrogens (tertiary/aromatic N) is 3. The fraction of sp³-hybridized carbons (Fsp3) is 0.125. The first kappa shape index (κ1) is 18.6. The van der Waals surface area contributed by atoms with Crippen molar-refractivity contribution in [3.63, 3.8) is 0 Å². The summed E-state index contributed by atoms with van der Waals surface area (Å²) < 4.78 is 0. The van der Waals surface area contributed by atoms with Gasteiger partial charge in [0.15, 0.2) is 0 Å². The van der Waals surface area contributed by atoms with Gasteiger partial charge in [-0.15, -0.1) is 0 Å². The maximum absolute atomic E-state index is 4.74. The van der Waals surface area contributed by atoms with Crippen LogP contribution in [0.1, 0.15) is 16.8 Å². The smallest absolute Gasteiger partial charge is 0.229 e. The molecular weight excluding hydrogens is 358 g/mol. The van der Waals surface area contributed by atoms with E-state index in [0.717, 1.165) is 28.5 Å². The Labute approximate surface area is 170 Å². The normalized spacial score (nSPS) is 10.6. The zero-order valence-corrected chi connectivity index (χ0v) is 16.6. The van der Waals surface area contributed by atoms with Crippen molar-refractivity contribution in [1.29, 1.82) is 0 Å². The molecule has 2 aromatic carbocycles. The first-order valence-corrected chi connectivity index (χ1v) is 9.59. The van der Waals surface area contributed by atoms with Gasteiger partial charge in [0.05, 0.1) is 17.9 Å². The van der Waals surface area contributed by atoms with Crippen molar-refractivity contribution in [2.75, 3.05) is 10.6 Å². The number of aryl methyl sites for hydroxylation is 2. The second kappa shape index (κ2) is 8.52. The number of nitrogens with one attached hydrogen (secondary N) is 2. The molecule has 144 valence electrons. The third-order valence-corrected chi connectivity index (χ3v) is 4.45. The predicted octanol–water partition coefficient (Wildman–Crippen LogP) is 5.51. The maximum Gasteiger partial charge on any atom is 0.229 e. The highest BCUT2D eigenvalue weighted by molar-refractivity contribution is 5.66. The van der Waals surface area contributed by atoms with Crippen molar-refractivity contribution in [2.45, 2.75) is 20.4 Å². The summed E-state index contributed by atoms with van der Waals surface area (Å²) in [5.41, 5.74) is 6.22. The second-order valence-corrected chi connectivity index (χ2v) is 7.00. The molecule has 0 fully saturated rings. The van der Waals surface area contributed by atoms with Crippen molar-refractivity contribution < 1.29 is 0 Å². The van der Waals surface area contributed by atoms with Crippen molar-refractivity contribution in [3.05, 3.63) is 95.8 Å². The lowest BCUT2D eigenvalue weighted by molar-refractivity contribution is 1.02. The molecule has 0 aliphatic carbocycles. The molecule has 0 aliphatic rings. The molecule has 0 spiro atoms. The van der Waals surface area contributed by atoms with E-state index in [4.69, 9.17) is 4.98 Å². The molecule has 4 aromatic rings. The molecular formula is C24H23N5. The number of anilines is 3. The summed E-state index contributed by atoms with van der Waals surface area (Å²) in [5, 5.41) is 6.72. The summed E-state index contributed by atoms with van der Waals surface area (Å²) in [6.45, 7) is 4.76. The van der Waals surface area contributed by atoms with Crippen LogP contribution >= 0.6 is 0 Å². The van der Waals surface area contributed by atoms with E-state index in [0.29, 0.717) is 12.5 Å². The summed E-state index contributed by atoms with van der Waals surface area (Å²) >= 11 is 0. The average molecular weight is 381 g/mol. The third kappa shape index (κ3) is 4.96. The SMILES string of the molecule is Cc1cc(C)cc(Nc2nc(NCc3ccccn3)cc(-c3ccccc3)n2)c1. The number of benzene rings is 2. The van der Waals surface area contributed by atoms with Crippen molar-refractivity contribution in [1.82, 2.24) is 15.0 Å². The highest BCUT2D eigenvalue weighted by Gasteiger charge is 2.08. The molecule has 5 nitrogen and oxygen atoms in total. The molecule has 4 rings (SSSR count). The van der Waals surface area contributed by atoms with Crippen LogP contribution in [-0.2, 0) is 6.54 Å². The van der Waals surface area contributed by atoms with E-state index < -0.39 is 0 Å². The van der Waals surface area contributed by atoms with Gasteiger partial charge in [-0.05, 0) is 49.2 Å². The molecule has 0 saturated heterocycles. The van der Waals surface area contributed by atoms with E-state index in [-0.39, 0.29) is 0 Å². The summed E-state index contributed by atoms with van der Waals surface area (Å²) in [6, 6.07) is 24.3. The molecule has 0 bridgehead atoms. The molecule has 2 N–H and O–H groups in total. The zero-order valence-electron chi connectivity index (χ0n) is 16.6. The summed E-state index contributed by atoms with van der Waals surface area (Å²) in [4.78, 5) is 13.8. The van der Waals surface area contributed by atoms with Gasteiger partial charge in [-0.3, -0.25) is 4.98 Å². The van der Waals surface area contributed by atoms with Gasteiger partial charge in [0.25, 0.3) is 0 Å². The average Bonchev–Trinajstić information content (AvgIpc) is 2.73. The van der Waals surface area contributed by atoms with Gasteiger partial charge < -0.3 is 10.6 Å². The number of hydrogen-bond acceptors (Lipinski definition) is 5. The van der Waals surface area contributed by atoms with Crippen LogP contribution in [0.25, 0.3) is 11.3 Å². The van der Waals surface area contributed by atoms with Gasteiger partial charge in [0.1, 0.15) is 5.82 Å². The van der Waals surface area contributed by atoms with Crippen LogP contribution in [0.2, 0.25) is 0 Å². The van der Waals surface area contributed by atoms with Crippen molar-refractivity contribution in [3.8, 4) is 11.3 Å². The first-order valence-electron chi connectivity index (χ1n) is 9.59. The van der Waals surface area contributed by atoms with Gasteiger partial charge in [-0.1, -0.05) is 42.5 Å². The monoisotopic (exact) mass is 381 g/mol. The molecule has 0 amide bonds. The highest BCUT2D eigenvalue weighted by Crippen LogP contribution is 2.24. The van der Waals surface area contributed by atoms with E-state index in [1.807, 2.05) is 54.6 Å². The van der Waals surface area contributed by atoms with Gasteiger partial charge in [-0.2, -0.15) is 4.98 Å². The van der Waals surface area contributed by atoms with Crippen LogP contribution in [-0.4, -0.2) is 15.0 Å². The zero-order chi connectivity index (χ0) is 20.1.